The fourth-order valence-electron chi connectivity index (χ4n) is 14.4. The average molecular weight is 1390 g/mol. The van der Waals surface area contributed by atoms with Crippen LogP contribution in [0.5, 0.6) is 46.0 Å². The van der Waals surface area contributed by atoms with Crippen molar-refractivity contribution < 1.29 is 18.9 Å². The van der Waals surface area contributed by atoms with Crippen LogP contribution in [-0.2, 0) is 21.7 Å². The van der Waals surface area contributed by atoms with Gasteiger partial charge in [-0.2, -0.15) is 0 Å². The van der Waals surface area contributed by atoms with Crippen molar-refractivity contribution in [3.05, 3.63) is 161 Å². The third-order valence-electron chi connectivity index (χ3n) is 16.3. The van der Waals surface area contributed by atoms with Gasteiger partial charge in [0.1, 0.15) is 46.0 Å². The van der Waals surface area contributed by atoms with E-state index in [4.69, 9.17) is 18.9 Å². The van der Waals surface area contributed by atoms with Gasteiger partial charge in [-0.1, -0.05) is 187 Å². The highest BCUT2D eigenvalue weighted by atomic mass is 79.9. The molecule has 0 radical (unpaired) electrons. The first-order chi connectivity index (χ1) is 38.7. The molecule has 0 unspecified atom stereocenters. The summed E-state index contributed by atoms with van der Waals surface area (Å²) < 4.78 is 32.7. The van der Waals surface area contributed by atoms with Crippen LogP contribution in [0.15, 0.2) is 139 Å². The van der Waals surface area contributed by atoms with Crippen LogP contribution >= 0.6 is 63.7 Å². The van der Waals surface area contributed by atoms with Crippen molar-refractivity contribution in [2.75, 3.05) is 0 Å². The molecule has 0 spiro atoms. The van der Waals surface area contributed by atoms with Crippen LogP contribution in [0.1, 0.15) is 186 Å². The summed E-state index contributed by atoms with van der Waals surface area (Å²) in [6, 6.07) is 43.1. The normalized spacial score (nSPS) is 13.4. The summed E-state index contributed by atoms with van der Waals surface area (Å²) in [6.45, 7) is 46.4. The quantitative estimate of drug-likeness (QED) is 0.0714. The number of rotatable bonds is 16. The largest absolute Gasteiger partial charge is 0.457 e. The topological polar surface area (TPSA) is 36.9 Å². The maximum absolute atomic E-state index is 7.33. The van der Waals surface area contributed by atoms with Crippen molar-refractivity contribution >= 4 is 107 Å². The van der Waals surface area contributed by atoms with E-state index < -0.39 is 0 Å². The van der Waals surface area contributed by atoms with Gasteiger partial charge in [0.25, 0.3) is 0 Å². The second kappa shape index (κ2) is 22.8. The van der Waals surface area contributed by atoms with Gasteiger partial charge in [0.05, 0.1) is 0 Å². The van der Waals surface area contributed by atoms with E-state index in [1.165, 1.54) is 22.3 Å². The van der Waals surface area contributed by atoms with E-state index in [0.29, 0.717) is 23.0 Å². The molecule has 444 valence electrons. The SMILES string of the molecule is CC(C)(C)CC(C)(C)c1ccc(Oc2cc(Br)c3c(Br)cc(Oc4ccc(C(C)(C)CC(C)(C)C)cc4)c4c5c(Oc6ccc(C(C)(C)CC(C)(C)C)cc6)cc(Br)c6c(Br)cc(Oc7ccc(C(C)(C)CC(C)(C)C)cc7)c(c2c34)c65)cc1. The van der Waals surface area contributed by atoms with Crippen molar-refractivity contribution in [3.8, 4) is 46.0 Å². The zero-order chi connectivity index (χ0) is 61.7. The Morgan fingerprint density at radius 3 is 0.560 bits per heavy atom. The van der Waals surface area contributed by atoms with Crippen LogP contribution in [-0.4, -0.2) is 0 Å². The predicted octanol–water partition coefficient (Wildman–Crippen LogP) is 26.8. The molecule has 0 bridgehead atoms. The second-order valence-electron chi connectivity index (χ2n) is 31.4. The summed E-state index contributed by atoms with van der Waals surface area (Å²) in [5.74, 6) is 5.50. The number of halogens is 4. The van der Waals surface area contributed by atoms with Gasteiger partial charge in [-0.25, -0.2) is 0 Å². The van der Waals surface area contributed by atoms with Crippen LogP contribution in [0, 0.1) is 21.7 Å². The van der Waals surface area contributed by atoms with Crippen molar-refractivity contribution in [1.82, 2.24) is 0 Å². The Hall–Kier alpha value is -4.60. The van der Waals surface area contributed by atoms with E-state index in [-0.39, 0.29) is 43.3 Å². The van der Waals surface area contributed by atoms with Crippen LogP contribution in [0.3, 0.4) is 0 Å². The van der Waals surface area contributed by atoms with Crippen molar-refractivity contribution in [1.29, 1.82) is 0 Å². The van der Waals surface area contributed by atoms with Crippen LogP contribution in [0.4, 0.5) is 0 Å². The van der Waals surface area contributed by atoms with Crippen LogP contribution < -0.4 is 18.9 Å². The molecule has 8 heteroatoms. The summed E-state index contributed by atoms with van der Waals surface area (Å²) >= 11 is 16.5. The third-order valence-corrected chi connectivity index (χ3v) is 18.8. The number of fused-ring (bicyclic) bond motifs is 2. The Bertz CT molecular complexity index is 3370. The summed E-state index contributed by atoms with van der Waals surface area (Å²) in [5, 5.41) is 7.20. The van der Waals surface area contributed by atoms with Gasteiger partial charge in [-0.15, -0.1) is 0 Å². The molecule has 0 aliphatic rings. The Balaban J connectivity index is 1.36. The zero-order valence-corrected chi connectivity index (χ0v) is 59.9. The van der Waals surface area contributed by atoms with Gasteiger partial charge in [0, 0.05) is 61.0 Å². The van der Waals surface area contributed by atoms with E-state index in [9.17, 15) is 0 Å². The van der Waals surface area contributed by atoms with Gasteiger partial charge in [0.2, 0.25) is 0 Å². The lowest BCUT2D eigenvalue weighted by Crippen LogP contribution is -2.24. The van der Waals surface area contributed by atoms with E-state index in [0.717, 1.165) is 110 Å². The Morgan fingerprint density at radius 1 is 0.238 bits per heavy atom. The van der Waals surface area contributed by atoms with Crippen LogP contribution in [0.25, 0.3) is 43.1 Å². The number of hydrogen-bond donors (Lipinski definition) is 0. The zero-order valence-electron chi connectivity index (χ0n) is 53.5. The molecule has 0 N–H and O–H groups in total. The molecule has 9 rings (SSSR count). The summed E-state index contributed by atoms with van der Waals surface area (Å²) in [5.41, 5.74) is 5.48. The molecule has 0 amide bonds. The monoisotopic (exact) mass is 1380 g/mol. The van der Waals surface area contributed by atoms with Gasteiger partial charge >= 0.3 is 0 Å². The van der Waals surface area contributed by atoms with Crippen molar-refractivity contribution in [2.24, 2.45) is 21.7 Å². The Morgan fingerprint density at radius 2 is 0.405 bits per heavy atom. The van der Waals surface area contributed by atoms with E-state index in [2.05, 4.69) is 324 Å². The molecule has 0 saturated carbocycles. The fourth-order valence-corrected chi connectivity index (χ4v) is 17.4. The highest BCUT2D eigenvalue weighted by Gasteiger charge is 2.34. The third kappa shape index (κ3) is 14.0. The van der Waals surface area contributed by atoms with E-state index >= 15 is 0 Å². The van der Waals surface area contributed by atoms with E-state index in [1.54, 1.807) is 0 Å². The maximum atomic E-state index is 7.33. The lowest BCUT2D eigenvalue weighted by molar-refractivity contribution is 0.283. The summed E-state index contributed by atoms with van der Waals surface area (Å²) in [7, 11) is 0. The first-order valence-electron chi connectivity index (χ1n) is 29.8. The predicted molar refractivity (Wildman–Crippen MR) is 373 cm³/mol. The highest BCUT2D eigenvalue weighted by Crippen LogP contribution is 2.59. The minimum absolute atomic E-state index is 0.0488. The fraction of sp³-hybridized carbons (Fsp3) is 0.421. The van der Waals surface area contributed by atoms with Crippen molar-refractivity contribution in [3.63, 3.8) is 0 Å². The highest BCUT2D eigenvalue weighted by molar-refractivity contribution is 9.11. The van der Waals surface area contributed by atoms with E-state index in [1.807, 2.05) is 0 Å². The minimum atomic E-state index is -0.0488. The lowest BCUT2D eigenvalue weighted by Gasteiger charge is -2.33. The molecule has 0 aliphatic heterocycles. The minimum Gasteiger partial charge on any atom is -0.457 e. The molecule has 0 aliphatic carbocycles. The van der Waals surface area contributed by atoms with Crippen molar-refractivity contribution in [2.45, 2.75) is 186 Å². The van der Waals surface area contributed by atoms with Gasteiger partial charge in [-0.05, 0) is 228 Å². The molecule has 84 heavy (non-hydrogen) atoms. The molecule has 0 atom stereocenters. The molecule has 9 aromatic carbocycles. The van der Waals surface area contributed by atoms with Crippen LogP contribution in [0.2, 0.25) is 0 Å². The Kier molecular flexibility index (Phi) is 17.4. The number of ether oxygens (including phenoxy) is 4. The lowest BCUT2D eigenvalue weighted by atomic mass is 9.72. The molecule has 9 aromatic rings. The Labute approximate surface area is 536 Å². The van der Waals surface area contributed by atoms with Gasteiger partial charge < -0.3 is 18.9 Å². The molecule has 0 aromatic heterocycles. The van der Waals surface area contributed by atoms with Gasteiger partial charge in [-0.3, -0.25) is 0 Å². The number of hydrogen-bond acceptors (Lipinski definition) is 4. The smallest absolute Gasteiger partial charge is 0.137 e. The molecular formula is C76H88Br4O4. The van der Waals surface area contributed by atoms with Gasteiger partial charge in [0.15, 0.2) is 0 Å². The number of benzene rings is 9. The average Bonchev–Trinajstić information content (AvgIpc) is 0.702. The molecule has 4 nitrogen and oxygen atoms in total. The molecule has 0 fully saturated rings. The first kappa shape index (κ1) is 63.9. The second-order valence-corrected chi connectivity index (χ2v) is 34.8. The molecular weight excluding hydrogens is 1300 g/mol. The maximum Gasteiger partial charge on any atom is 0.137 e. The molecule has 0 saturated heterocycles. The summed E-state index contributed by atoms with van der Waals surface area (Å²) in [6.07, 6.45) is 4.13. The first-order valence-corrected chi connectivity index (χ1v) is 33.0. The standard InChI is InChI=1S/C76H88Br4O4/c1-69(2,3)41-73(13,14)45-21-29-49(30-22-45)81-57-37-53(77)61-54(78)39-59(83-51-33-25-47(26-34-51)75(17,18)43-71(7,8)9)65-66-60(84-52-35-27-48(28-36-52)76(19,20)44-72(10,11)12)40-56(80)62-55(79)38-58(64(68(62)66)63(57)67(61)65)82-50-31-23-46(24-32-50)74(15,16)42-70(4,5)6/h21-40H,41-44H2,1-20H3. The molecule has 0 heterocycles. The summed E-state index contributed by atoms with van der Waals surface area (Å²) in [4.78, 5) is 0.